The number of hydrogen-bond acceptors (Lipinski definition) is 13. The van der Waals surface area contributed by atoms with Crippen molar-refractivity contribution in [3.8, 4) is 5.75 Å². The minimum absolute atomic E-state index is 0.0173. The summed E-state index contributed by atoms with van der Waals surface area (Å²) in [5.74, 6) is -0.809. The van der Waals surface area contributed by atoms with Crippen molar-refractivity contribution in [1.29, 1.82) is 0 Å². The van der Waals surface area contributed by atoms with Gasteiger partial charge in [0.2, 0.25) is 0 Å². The predicted octanol–water partition coefficient (Wildman–Crippen LogP) is 9.90. The first-order valence-corrected chi connectivity index (χ1v) is 27.3. The van der Waals surface area contributed by atoms with E-state index in [9.17, 15) is 18.9 Å². The van der Waals surface area contributed by atoms with Crippen molar-refractivity contribution in [1.82, 2.24) is 0 Å². The number of methoxy groups -OCH3 is 2. The molecular weight excluding hydrogens is 832 g/mol. The summed E-state index contributed by atoms with van der Waals surface area (Å²) in [6.45, 7) is 22.9. The predicted molar refractivity (Wildman–Crippen MR) is 245 cm³/mol. The number of rotatable bonds is 30. The van der Waals surface area contributed by atoms with Crippen molar-refractivity contribution in [3.05, 3.63) is 65.3 Å². The van der Waals surface area contributed by atoms with Crippen molar-refractivity contribution in [2.45, 2.75) is 150 Å². The average Bonchev–Trinajstić information content (AvgIpc) is 3.17. The molecule has 7 atom stereocenters. The Morgan fingerprint density at radius 1 is 0.968 bits per heavy atom. The van der Waals surface area contributed by atoms with Crippen LogP contribution in [0.15, 0.2) is 59.7 Å². The van der Waals surface area contributed by atoms with Crippen molar-refractivity contribution < 1.29 is 61.2 Å². The fraction of sp³-hybridized carbons (Fsp3) is 0.681. The maximum absolute atomic E-state index is 13.9. The molecule has 0 aromatic heterocycles. The van der Waals surface area contributed by atoms with Gasteiger partial charge in [0, 0.05) is 52.9 Å². The molecule has 0 N–H and O–H groups in total. The van der Waals surface area contributed by atoms with Gasteiger partial charge in [0.25, 0.3) is 0 Å². The Balaban J connectivity index is 2.45. The van der Waals surface area contributed by atoms with Crippen molar-refractivity contribution in [2.75, 3.05) is 40.4 Å². The molecule has 1 aliphatic heterocycles. The molecule has 62 heavy (non-hydrogen) atoms. The number of hydrogen-bond donors (Lipinski definition) is 0. The molecule has 1 saturated heterocycles. The van der Waals surface area contributed by atoms with Crippen molar-refractivity contribution >= 4 is 33.9 Å². The molecule has 0 amide bonds. The highest BCUT2D eigenvalue weighted by molar-refractivity contribution is 7.54. The first kappa shape index (κ1) is 55.2. The van der Waals surface area contributed by atoms with Crippen molar-refractivity contribution in [3.63, 3.8) is 0 Å². The second-order valence-electron chi connectivity index (χ2n) is 18.1. The van der Waals surface area contributed by atoms with Gasteiger partial charge in [0.1, 0.15) is 37.2 Å². The Morgan fingerprint density at radius 2 is 1.63 bits per heavy atom. The highest BCUT2D eigenvalue weighted by Crippen LogP contribution is 2.50. The zero-order valence-corrected chi connectivity index (χ0v) is 41.6. The van der Waals surface area contributed by atoms with E-state index >= 15 is 0 Å². The van der Waals surface area contributed by atoms with Crippen molar-refractivity contribution in [2.24, 2.45) is 17.8 Å². The highest BCUT2D eigenvalue weighted by atomic mass is 31.2. The van der Waals surface area contributed by atoms with Crippen LogP contribution in [0.4, 0.5) is 0 Å². The quantitative estimate of drug-likeness (QED) is 0.0105. The largest absolute Gasteiger partial charge is 0.497 e. The average molecular weight is 909 g/mol. The molecule has 0 unspecified atom stereocenters. The summed E-state index contributed by atoms with van der Waals surface area (Å²) in [6, 6.07) is 8.65. The van der Waals surface area contributed by atoms with E-state index in [1.807, 2.05) is 76.3 Å². The summed E-state index contributed by atoms with van der Waals surface area (Å²) in [7, 11) is -1.99. The molecule has 0 spiro atoms. The summed E-state index contributed by atoms with van der Waals surface area (Å²) >= 11 is 0. The van der Waals surface area contributed by atoms with E-state index in [2.05, 4.69) is 19.6 Å². The third kappa shape index (κ3) is 21.6. The summed E-state index contributed by atoms with van der Waals surface area (Å²) in [6.07, 6.45) is 6.34. The zero-order valence-electron chi connectivity index (χ0n) is 39.7. The van der Waals surface area contributed by atoms with E-state index < -0.39 is 64.2 Å². The van der Waals surface area contributed by atoms with E-state index in [0.717, 1.165) is 34.8 Å². The number of carbonyl (C=O) groups is 3. The second-order valence-corrected chi connectivity index (χ2v) is 25.6. The number of carbonyl (C=O) groups excluding carboxylic acids is 3. The van der Waals surface area contributed by atoms with Crippen LogP contribution >= 0.6 is 7.60 Å². The molecular formula is C47H77O13PSi. The smallest absolute Gasteiger partial charge is 0.342 e. The number of cyclic esters (lactones) is 1. The molecule has 0 saturated carbocycles. The van der Waals surface area contributed by atoms with Gasteiger partial charge in [-0.2, -0.15) is 0 Å². The minimum atomic E-state index is -3.87. The Hall–Kier alpha value is -2.94. The maximum atomic E-state index is 13.9. The van der Waals surface area contributed by atoms with Crippen LogP contribution in [0.5, 0.6) is 5.75 Å². The second kappa shape index (κ2) is 28.1. The van der Waals surface area contributed by atoms with Crippen LogP contribution < -0.4 is 4.74 Å². The molecule has 13 nitrogen and oxygen atoms in total. The summed E-state index contributed by atoms with van der Waals surface area (Å²) in [4.78, 5) is 37.3. The topological polar surface area (TPSA) is 151 Å². The van der Waals surface area contributed by atoms with Crippen LogP contribution in [0.25, 0.3) is 0 Å². The molecule has 2 rings (SSSR count). The monoisotopic (exact) mass is 908 g/mol. The maximum Gasteiger partial charge on any atom is 0.342 e. The van der Waals surface area contributed by atoms with Crippen LogP contribution in [0, 0.1) is 17.8 Å². The fourth-order valence-corrected chi connectivity index (χ4v) is 9.65. The normalized spacial score (nSPS) is 19.3. The molecule has 1 heterocycles. The summed E-state index contributed by atoms with van der Waals surface area (Å²) in [5, 5.41) is 0. The van der Waals surface area contributed by atoms with E-state index in [-0.39, 0.29) is 43.5 Å². The lowest BCUT2D eigenvalue weighted by atomic mass is 9.87. The Kier molecular flexibility index (Phi) is 25.0. The molecule has 1 aromatic rings. The molecule has 1 fully saturated rings. The van der Waals surface area contributed by atoms with E-state index in [4.69, 9.17) is 42.2 Å². The number of benzene rings is 1. The molecule has 1 aliphatic rings. The zero-order chi connectivity index (χ0) is 46.5. The molecule has 15 heteroatoms. The van der Waals surface area contributed by atoms with E-state index in [1.165, 1.54) is 0 Å². The molecule has 0 aliphatic carbocycles. The van der Waals surface area contributed by atoms with Gasteiger partial charge in [0.05, 0.1) is 44.7 Å². The minimum Gasteiger partial charge on any atom is -0.497 e. The van der Waals surface area contributed by atoms with Gasteiger partial charge >= 0.3 is 19.5 Å². The lowest BCUT2D eigenvalue weighted by Crippen LogP contribution is -2.39. The van der Waals surface area contributed by atoms with E-state index in [1.54, 1.807) is 41.9 Å². The van der Waals surface area contributed by atoms with Crippen LogP contribution in [0.3, 0.4) is 0 Å². The standard InChI is InChI=1S/C47H77O13PSi/c1-33(2)59-61(51,60-34(3)4)31-46(50)58-44(38(8)47(53-10)37(7)22-24-54-30-39-17-19-41(52-9)20-18-39)29-42(56-32-55-25-26-62(11,12)13)35(5)15-14-16-36(6)43-27-40(21-23-48)28-45(49)57-43/h14-20,22-23,33-34,36,38,40,42-44,47H,21,24-32H2,1-13H3/b16-14+,35-15+,37-22+/t36-,38+,40-,42+,43-,44+,47+/m1/s1. The van der Waals surface area contributed by atoms with Crippen LogP contribution in [0.2, 0.25) is 25.7 Å². The van der Waals surface area contributed by atoms with Gasteiger partial charge in [-0.05, 0) is 88.8 Å². The van der Waals surface area contributed by atoms with Gasteiger partial charge in [-0.15, -0.1) is 0 Å². The summed E-state index contributed by atoms with van der Waals surface area (Å²) in [5.41, 5.74) is 2.72. The van der Waals surface area contributed by atoms with Crippen LogP contribution in [0.1, 0.15) is 86.6 Å². The fourth-order valence-electron chi connectivity index (χ4n) is 7.02. The lowest BCUT2D eigenvalue weighted by Gasteiger charge is -2.33. The lowest BCUT2D eigenvalue weighted by molar-refractivity contribution is -0.159. The number of allylic oxidation sites excluding steroid dienone is 2. The van der Waals surface area contributed by atoms with Gasteiger partial charge in [-0.25, -0.2) is 0 Å². The SMILES string of the molecule is COc1ccc(COC/C=C(\C)[C@H](OC)[C@@H](C)[C@H](C[C@H](OCOCC[Si](C)(C)C)/C(C)=C/C=C/[C@@H](C)[C@H]2C[C@@H](CC=O)CC(=O)O2)OC(=O)CP(=O)(OC(C)C)OC(C)C)cc1. The van der Waals surface area contributed by atoms with Gasteiger partial charge in [0.15, 0.2) is 0 Å². The molecule has 0 radical (unpaired) electrons. The first-order valence-electron chi connectivity index (χ1n) is 21.9. The van der Waals surface area contributed by atoms with Crippen LogP contribution in [-0.2, 0) is 63.0 Å². The third-order valence-electron chi connectivity index (χ3n) is 10.5. The Bertz CT molecular complexity index is 1620. The number of esters is 2. The van der Waals surface area contributed by atoms with Crippen LogP contribution in [-0.4, -0.2) is 103 Å². The third-order valence-corrected chi connectivity index (χ3v) is 14.3. The van der Waals surface area contributed by atoms with Gasteiger partial charge in [-0.3, -0.25) is 14.2 Å². The Morgan fingerprint density at radius 3 is 2.21 bits per heavy atom. The van der Waals surface area contributed by atoms with Gasteiger partial charge < -0.3 is 47.0 Å². The molecule has 1 aromatic carbocycles. The highest BCUT2D eigenvalue weighted by Gasteiger charge is 2.37. The molecule has 0 bridgehead atoms. The first-order chi connectivity index (χ1) is 29.2. The number of aldehydes is 1. The molecule has 352 valence electrons. The Labute approximate surface area is 373 Å². The van der Waals surface area contributed by atoms with E-state index in [0.29, 0.717) is 32.7 Å². The summed E-state index contributed by atoms with van der Waals surface area (Å²) < 4.78 is 66.9. The number of ether oxygens (including phenoxy) is 7. The van der Waals surface area contributed by atoms with Gasteiger partial charge in [-0.1, -0.05) is 69.9 Å².